The van der Waals surface area contributed by atoms with E-state index in [0.29, 0.717) is 11.5 Å². The number of ether oxygens (including phenoxy) is 2. The Morgan fingerprint density at radius 1 is 1.15 bits per heavy atom. The zero-order valence-electron chi connectivity index (χ0n) is 14.6. The molecular weight excluding hydrogens is 384 g/mol. The molecule has 0 N–H and O–H groups in total. The van der Waals surface area contributed by atoms with Crippen molar-refractivity contribution >= 4 is 21.5 Å². The molecule has 0 bridgehead atoms. The summed E-state index contributed by atoms with van der Waals surface area (Å²) in [5.74, 6) is 1.26. The Morgan fingerprint density at radius 2 is 1.96 bits per heavy atom. The fraction of sp³-hybridized carbons (Fsp3) is 0.200. The van der Waals surface area contributed by atoms with Gasteiger partial charge in [-0.25, -0.2) is 0 Å². The van der Waals surface area contributed by atoms with Crippen molar-refractivity contribution in [1.82, 2.24) is 0 Å². The Bertz CT molecular complexity index is 1020. The first kappa shape index (κ1) is 18.0. The summed E-state index contributed by atoms with van der Waals surface area (Å²) in [6, 6.07) is 14.3. The van der Waals surface area contributed by atoms with Gasteiger partial charge >= 0.3 is 0 Å². The van der Waals surface area contributed by atoms with E-state index in [2.05, 4.69) is 0 Å². The van der Waals surface area contributed by atoms with E-state index in [4.69, 9.17) is 13.7 Å². The molecule has 7 heteroatoms. The lowest BCUT2D eigenvalue weighted by Crippen LogP contribution is -2.34. The number of benzene rings is 2. The molecule has 140 valence electrons. The predicted octanol–water partition coefficient (Wildman–Crippen LogP) is 4.27. The van der Waals surface area contributed by atoms with E-state index in [9.17, 15) is 8.42 Å². The maximum absolute atomic E-state index is 12.4. The van der Waals surface area contributed by atoms with Crippen LogP contribution in [0.1, 0.15) is 5.56 Å². The SMILES string of the molecule is Cc1ccc(S(=O)(=O)OC[C@H]2COc3cccc(-c4ccsc4)c3O2)cc1. The zero-order valence-corrected chi connectivity index (χ0v) is 16.3. The molecule has 1 atom stereocenters. The molecule has 2 heterocycles. The normalized spacial score (nSPS) is 16.3. The first-order valence-electron chi connectivity index (χ1n) is 8.44. The van der Waals surface area contributed by atoms with E-state index >= 15 is 0 Å². The molecule has 5 nitrogen and oxygen atoms in total. The van der Waals surface area contributed by atoms with Crippen LogP contribution in [-0.4, -0.2) is 27.7 Å². The smallest absolute Gasteiger partial charge is 0.297 e. The molecule has 0 amide bonds. The quantitative estimate of drug-likeness (QED) is 0.597. The highest BCUT2D eigenvalue weighted by molar-refractivity contribution is 7.86. The summed E-state index contributed by atoms with van der Waals surface area (Å²) < 4.78 is 41.7. The van der Waals surface area contributed by atoms with Crippen molar-refractivity contribution in [3.63, 3.8) is 0 Å². The lowest BCUT2D eigenvalue weighted by molar-refractivity contribution is 0.0561. The van der Waals surface area contributed by atoms with E-state index in [0.717, 1.165) is 16.7 Å². The molecule has 1 aliphatic rings. The monoisotopic (exact) mass is 402 g/mol. The highest BCUT2D eigenvalue weighted by atomic mass is 32.2. The van der Waals surface area contributed by atoms with Crippen molar-refractivity contribution in [2.45, 2.75) is 17.9 Å². The number of thiophene rings is 1. The summed E-state index contributed by atoms with van der Waals surface area (Å²) in [6.07, 6.45) is -0.516. The average molecular weight is 402 g/mol. The molecule has 0 unspecified atom stereocenters. The minimum atomic E-state index is -3.84. The third kappa shape index (κ3) is 3.85. The maximum atomic E-state index is 12.4. The van der Waals surface area contributed by atoms with Crippen LogP contribution < -0.4 is 9.47 Å². The predicted molar refractivity (Wildman–Crippen MR) is 104 cm³/mol. The first-order valence-corrected chi connectivity index (χ1v) is 10.8. The van der Waals surface area contributed by atoms with Crippen LogP contribution in [0.2, 0.25) is 0 Å². The summed E-state index contributed by atoms with van der Waals surface area (Å²) in [4.78, 5) is 0.129. The van der Waals surface area contributed by atoms with Gasteiger partial charge in [0.25, 0.3) is 10.1 Å². The number of para-hydroxylation sites is 1. The summed E-state index contributed by atoms with van der Waals surface area (Å²) in [5.41, 5.74) is 2.93. The number of aryl methyl sites for hydroxylation is 1. The van der Waals surface area contributed by atoms with E-state index in [1.54, 1.807) is 23.5 Å². The lowest BCUT2D eigenvalue weighted by Gasteiger charge is -2.27. The van der Waals surface area contributed by atoms with Gasteiger partial charge in [0.05, 0.1) is 4.90 Å². The molecule has 27 heavy (non-hydrogen) atoms. The maximum Gasteiger partial charge on any atom is 0.297 e. The Morgan fingerprint density at radius 3 is 2.70 bits per heavy atom. The first-order chi connectivity index (χ1) is 13.0. The molecule has 0 aliphatic carbocycles. The van der Waals surface area contributed by atoms with Crippen LogP contribution in [0.15, 0.2) is 64.2 Å². The summed E-state index contributed by atoms with van der Waals surface area (Å²) in [7, 11) is -3.84. The second-order valence-corrected chi connectivity index (χ2v) is 8.64. The van der Waals surface area contributed by atoms with Crippen LogP contribution in [0.5, 0.6) is 11.5 Å². The molecule has 0 radical (unpaired) electrons. The van der Waals surface area contributed by atoms with Crippen LogP contribution in [0.4, 0.5) is 0 Å². The average Bonchev–Trinajstić information content (AvgIpc) is 3.21. The molecule has 0 saturated carbocycles. The number of fused-ring (bicyclic) bond motifs is 1. The molecule has 4 rings (SSSR count). The topological polar surface area (TPSA) is 61.8 Å². The third-order valence-corrected chi connectivity index (χ3v) is 6.22. The van der Waals surface area contributed by atoms with Crippen molar-refractivity contribution in [2.75, 3.05) is 13.2 Å². The molecule has 0 spiro atoms. The third-order valence-electron chi connectivity index (χ3n) is 4.24. The minimum Gasteiger partial charge on any atom is -0.486 e. The summed E-state index contributed by atoms with van der Waals surface area (Å²) >= 11 is 1.60. The largest absolute Gasteiger partial charge is 0.486 e. The van der Waals surface area contributed by atoms with Gasteiger partial charge in [0, 0.05) is 5.56 Å². The zero-order chi connectivity index (χ0) is 18.9. The molecule has 1 aliphatic heterocycles. The molecule has 0 saturated heterocycles. The molecule has 3 aromatic rings. The van der Waals surface area contributed by atoms with E-state index < -0.39 is 16.2 Å². The van der Waals surface area contributed by atoms with Gasteiger partial charge in [0.1, 0.15) is 13.2 Å². The second kappa shape index (κ2) is 7.34. The van der Waals surface area contributed by atoms with Crippen LogP contribution in [0.3, 0.4) is 0 Å². The molecule has 2 aromatic carbocycles. The Labute approximate surface area is 162 Å². The van der Waals surface area contributed by atoms with Gasteiger partial charge in [-0.15, -0.1) is 0 Å². The van der Waals surface area contributed by atoms with Gasteiger partial charge in [0.2, 0.25) is 0 Å². The highest BCUT2D eigenvalue weighted by Gasteiger charge is 2.27. The van der Waals surface area contributed by atoms with Crippen molar-refractivity contribution < 1.29 is 22.1 Å². The van der Waals surface area contributed by atoms with Crippen LogP contribution in [-0.2, 0) is 14.3 Å². The molecule has 1 aromatic heterocycles. The van der Waals surface area contributed by atoms with Crippen LogP contribution in [0, 0.1) is 6.92 Å². The van der Waals surface area contributed by atoms with E-state index in [1.807, 2.05) is 41.9 Å². The number of hydrogen-bond acceptors (Lipinski definition) is 6. The second-order valence-electron chi connectivity index (χ2n) is 6.25. The van der Waals surface area contributed by atoms with Gasteiger partial charge in [-0.05, 0) is 47.5 Å². The van der Waals surface area contributed by atoms with E-state index in [1.165, 1.54) is 12.1 Å². The highest BCUT2D eigenvalue weighted by Crippen LogP contribution is 2.41. The van der Waals surface area contributed by atoms with E-state index in [-0.39, 0.29) is 18.1 Å². The van der Waals surface area contributed by atoms with Crippen molar-refractivity contribution in [3.8, 4) is 22.6 Å². The Kier molecular flexibility index (Phi) is 4.90. The van der Waals surface area contributed by atoms with Crippen LogP contribution in [0.25, 0.3) is 11.1 Å². The van der Waals surface area contributed by atoms with Gasteiger partial charge in [-0.2, -0.15) is 19.8 Å². The van der Waals surface area contributed by atoms with Gasteiger partial charge < -0.3 is 9.47 Å². The van der Waals surface area contributed by atoms with Gasteiger partial charge in [0.15, 0.2) is 17.6 Å². The fourth-order valence-corrected chi connectivity index (χ4v) is 4.39. The summed E-state index contributed by atoms with van der Waals surface area (Å²) in [6.45, 7) is 2.00. The lowest BCUT2D eigenvalue weighted by atomic mass is 10.1. The molecule has 0 fully saturated rings. The number of rotatable bonds is 5. The van der Waals surface area contributed by atoms with Gasteiger partial charge in [-0.3, -0.25) is 4.18 Å². The fourth-order valence-electron chi connectivity index (χ4n) is 2.80. The number of hydrogen-bond donors (Lipinski definition) is 0. The molecular formula is C20H18O5S2. The summed E-state index contributed by atoms with van der Waals surface area (Å²) in [5, 5.41) is 4.02. The minimum absolute atomic E-state index is 0.117. The van der Waals surface area contributed by atoms with Crippen molar-refractivity contribution in [1.29, 1.82) is 0 Å². The standard InChI is InChI=1S/C20H18O5S2/c1-14-5-7-17(8-6-14)27(21,22)24-12-16-11-23-19-4-2-3-18(20(19)25-16)15-9-10-26-13-15/h2-10,13,16H,11-12H2,1H3/t16-/m1/s1. The van der Waals surface area contributed by atoms with Crippen LogP contribution >= 0.6 is 11.3 Å². The van der Waals surface area contributed by atoms with Gasteiger partial charge in [-0.1, -0.05) is 29.8 Å². The van der Waals surface area contributed by atoms with Crippen molar-refractivity contribution in [3.05, 3.63) is 64.9 Å². The Hall–Kier alpha value is -2.35. The Balaban J connectivity index is 1.49. The van der Waals surface area contributed by atoms with Crippen molar-refractivity contribution in [2.24, 2.45) is 0 Å².